The van der Waals surface area contributed by atoms with Gasteiger partial charge in [0.05, 0.1) is 11.4 Å². The molecule has 1 aromatic carbocycles. The van der Waals surface area contributed by atoms with Gasteiger partial charge in [0.15, 0.2) is 8.29 Å². The molecule has 1 N–H and O–H groups in total. The van der Waals surface area contributed by atoms with Gasteiger partial charge in [-0.15, -0.1) is 16.4 Å². The molecule has 8 nitrogen and oxygen atoms in total. The summed E-state index contributed by atoms with van der Waals surface area (Å²) in [6, 6.07) is 9.60. The standard InChI is InChI=1S/C16H12N6O2S4/c1-9-13(24)18-14-22(19-9)11(7-26-14)17-12(23)8-27-15-20-21(16(25)28-15)10-5-3-2-4-6-10/h2-7H,8H2,1H3,(H,17,23). The van der Waals surface area contributed by atoms with Crippen LogP contribution < -0.4 is 10.9 Å². The van der Waals surface area contributed by atoms with Crippen LogP contribution in [0.2, 0.25) is 0 Å². The van der Waals surface area contributed by atoms with Crippen molar-refractivity contribution in [3.05, 3.63) is 55.7 Å². The number of hydrogen-bond acceptors (Lipinski definition) is 9. The molecule has 0 radical (unpaired) electrons. The van der Waals surface area contributed by atoms with E-state index in [4.69, 9.17) is 12.2 Å². The number of fused-ring (bicyclic) bond motifs is 1. The van der Waals surface area contributed by atoms with E-state index >= 15 is 0 Å². The largest absolute Gasteiger partial charge is 0.309 e. The summed E-state index contributed by atoms with van der Waals surface area (Å²) in [7, 11) is 0. The van der Waals surface area contributed by atoms with Crippen LogP contribution in [0.15, 0.2) is 44.8 Å². The number of aryl methyl sites for hydroxylation is 1. The molecule has 3 aromatic heterocycles. The Morgan fingerprint density at radius 1 is 1.29 bits per heavy atom. The molecule has 0 fully saturated rings. The molecule has 0 aliphatic heterocycles. The van der Waals surface area contributed by atoms with Crippen LogP contribution >= 0.6 is 46.7 Å². The van der Waals surface area contributed by atoms with Gasteiger partial charge in [-0.3, -0.25) is 9.59 Å². The van der Waals surface area contributed by atoms with Crippen molar-refractivity contribution in [2.45, 2.75) is 11.3 Å². The zero-order valence-electron chi connectivity index (χ0n) is 14.4. The zero-order chi connectivity index (χ0) is 19.7. The third-order valence-corrected chi connectivity index (χ3v) is 6.75. The van der Waals surface area contributed by atoms with Gasteiger partial charge in [0.1, 0.15) is 11.5 Å². The fraction of sp³-hybridized carbons (Fsp3) is 0.125. The number of nitrogens with one attached hydrogen (secondary N) is 1. The Balaban J connectivity index is 1.45. The van der Waals surface area contributed by atoms with Crippen LogP contribution in [-0.4, -0.2) is 36.0 Å². The summed E-state index contributed by atoms with van der Waals surface area (Å²) in [5.74, 6) is 0.431. The molecular weight excluding hydrogens is 436 g/mol. The number of amides is 1. The maximum Gasteiger partial charge on any atom is 0.295 e. The van der Waals surface area contributed by atoms with Crippen molar-refractivity contribution in [3.8, 4) is 5.69 Å². The minimum absolute atomic E-state index is 0.168. The summed E-state index contributed by atoms with van der Waals surface area (Å²) < 4.78 is 4.46. The Labute approximate surface area is 175 Å². The Kier molecular flexibility index (Phi) is 5.35. The monoisotopic (exact) mass is 448 g/mol. The molecule has 4 aromatic rings. The van der Waals surface area contributed by atoms with Gasteiger partial charge in [-0.25, -0.2) is 4.68 Å². The molecule has 0 aliphatic carbocycles. The van der Waals surface area contributed by atoms with E-state index in [-0.39, 0.29) is 22.9 Å². The van der Waals surface area contributed by atoms with Crippen molar-refractivity contribution >= 4 is 63.3 Å². The highest BCUT2D eigenvalue weighted by molar-refractivity contribution is 8.01. The Hall–Kier alpha value is -2.41. The van der Waals surface area contributed by atoms with Gasteiger partial charge >= 0.3 is 0 Å². The number of nitrogens with zero attached hydrogens (tertiary/aromatic N) is 5. The lowest BCUT2D eigenvalue weighted by atomic mass is 10.3. The number of benzene rings is 1. The molecular formula is C16H12N6O2S4. The summed E-state index contributed by atoms with van der Waals surface area (Å²) in [4.78, 5) is 28.3. The quantitative estimate of drug-likeness (QED) is 0.370. The van der Waals surface area contributed by atoms with Gasteiger partial charge in [0, 0.05) is 5.38 Å². The molecule has 0 saturated carbocycles. The molecule has 1 amide bonds. The summed E-state index contributed by atoms with van der Waals surface area (Å²) >= 11 is 9.26. The molecule has 4 rings (SSSR count). The van der Waals surface area contributed by atoms with Crippen molar-refractivity contribution in [1.82, 2.24) is 24.4 Å². The van der Waals surface area contributed by atoms with Crippen LogP contribution in [0.3, 0.4) is 0 Å². The van der Waals surface area contributed by atoms with Crippen molar-refractivity contribution in [1.29, 1.82) is 0 Å². The number of thioether (sulfide) groups is 1. The molecule has 142 valence electrons. The molecule has 12 heteroatoms. The number of para-hydroxylation sites is 1. The SMILES string of the molecule is Cc1nn2c(NC(=O)CSc3nn(-c4ccccc4)c(=S)s3)csc2nc1=O. The molecule has 28 heavy (non-hydrogen) atoms. The Bertz CT molecular complexity index is 1270. The second-order valence-electron chi connectivity index (χ2n) is 5.54. The third kappa shape index (κ3) is 3.90. The van der Waals surface area contributed by atoms with Crippen molar-refractivity contribution in [2.24, 2.45) is 0 Å². The number of carbonyl (C=O) groups excluding carboxylic acids is 1. The van der Waals surface area contributed by atoms with E-state index in [0.29, 0.717) is 19.1 Å². The molecule has 3 heterocycles. The maximum absolute atomic E-state index is 12.3. The summed E-state index contributed by atoms with van der Waals surface area (Å²) in [6.45, 7) is 1.58. The second kappa shape index (κ2) is 7.91. The number of hydrogen-bond donors (Lipinski definition) is 1. The van der Waals surface area contributed by atoms with E-state index in [9.17, 15) is 9.59 Å². The number of carbonyl (C=O) groups is 1. The number of aromatic nitrogens is 5. The number of rotatable bonds is 5. The van der Waals surface area contributed by atoms with Crippen LogP contribution in [0, 0.1) is 10.9 Å². The van der Waals surface area contributed by atoms with Crippen LogP contribution in [0.25, 0.3) is 10.6 Å². The minimum Gasteiger partial charge on any atom is -0.309 e. The van der Waals surface area contributed by atoms with Crippen molar-refractivity contribution < 1.29 is 4.79 Å². The number of anilines is 1. The van der Waals surface area contributed by atoms with Crippen molar-refractivity contribution in [2.75, 3.05) is 11.1 Å². The summed E-state index contributed by atoms with van der Waals surface area (Å²) in [5.41, 5.74) is 0.783. The van der Waals surface area contributed by atoms with Gasteiger partial charge in [-0.1, -0.05) is 41.3 Å². The van der Waals surface area contributed by atoms with E-state index in [1.807, 2.05) is 30.3 Å². The lowest BCUT2D eigenvalue weighted by Gasteiger charge is -2.03. The van der Waals surface area contributed by atoms with E-state index in [1.54, 1.807) is 17.0 Å². The smallest absolute Gasteiger partial charge is 0.295 e. The first-order valence-corrected chi connectivity index (χ1v) is 11.0. The van der Waals surface area contributed by atoms with Gasteiger partial charge in [0.25, 0.3) is 5.56 Å². The van der Waals surface area contributed by atoms with Crippen LogP contribution in [0.1, 0.15) is 5.69 Å². The van der Waals surface area contributed by atoms with E-state index < -0.39 is 0 Å². The highest BCUT2D eigenvalue weighted by Gasteiger charge is 2.13. The number of thiazole rings is 1. The highest BCUT2D eigenvalue weighted by atomic mass is 32.2. The molecule has 0 aliphatic rings. The van der Waals surface area contributed by atoms with Crippen LogP contribution in [0.5, 0.6) is 0 Å². The lowest BCUT2D eigenvalue weighted by Crippen LogP contribution is -2.19. The van der Waals surface area contributed by atoms with Gasteiger partial charge < -0.3 is 5.32 Å². The minimum atomic E-state index is -0.370. The summed E-state index contributed by atoms with van der Waals surface area (Å²) in [5, 5.41) is 13.1. The first kappa shape index (κ1) is 18.9. The van der Waals surface area contributed by atoms with Crippen LogP contribution in [0.4, 0.5) is 5.82 Å². The average Bonchev–Trinajstić information content (AvgIpc) is 3.25. The van der Waals surface area contributed by atoms with Crippen LogP contribution in [-0.2, 0) is 4.79 Å². The Morgan fingerprint density at radius 3 is 2.86 bits per heavy atom. The first-order valence-electron chi connectivity index (χ1n) is 7.95. The van der Waals surface area contributed by atoms with E-state index in [0.717, 1.165) is 5.69 Å². The molecule has 0 bridgehead atoms. The zero-order valence-corrected chi connectivity index (χ0v) is 17.6. The molecule has 0 saturated heterocycles. The molecule has 0 unspecified atom stereocenters. The predicted molar refractivity (Wildman–Crippen MR) is 113 cm³/mol. The maximum atomic E-state index is 12.3. The van der Waals surface area contributed by atoms with Crippen molar-refractivity contribution in [3.63, 3.8) is 0 Å². The topological polar surface area (TPSA) is 94.2 Å². The fourth-order valence-electron chi connectivity index (χ4n) is 2.28. The molecule has 0 atom stereocenters. The first-order chi connectivity index (χ1) is 13.5. The van der Waals surface area contributed by atoms with Gasteiger partial charge in [0.2, 0.25) is 10.9 Å². The Morgan fingerprint density at radius 2 is 2.07 bits per heavy atom. The highest BCUT2D eigenvalue weighted by Crippen LogP contribution is 2.24. The van der Waals surface area contributed by atoms with Gasteiger partial charge in [-0.05, 0) is 31.3 Å². The normalized spacial score (nSPS) is 11.0. The fourth-order valence-corrected chi connectivity index (χ4v) is 5.19. The second-order valence-corrected chi connectivity index (χ2v) is 9.22. The molecule has 0 spiro atoms. The van der Waals surface area contributed by atoms with E-state index in [2.05, 4.69) is 20.5 Å². The summed E-state index contributed by atoms with van der Waals surface area (Å²) in [6.07, 6.45) is 0. The van der Waals surface area contributed by atoms with Gasteiger partial charge in [-0.2, -0.15) is 14.6 Å². The predicted octanol–water partition coefficient (Wildman–Crippen LogP) is 3.17. The average molecular weight is 449 g/mol. The third-order valence-electron chi connectivity index (χ3n) is 3.57. The lowest BCUT2D eigenvalue weighted by molar-refractivity contribution is -0.113. The van der Waals surface area contributed by atoms with E-state index in [1.165, 1.54) is 39.0 Å².